The smallest absolute Gasteiger partial charge is 0.322 e. The second-order valence-corrected chi connectivity index (χ2v) is 3.47. The molecule has 2 unspecified atom stereocenters. The molecule has 0 amide bonds. The molecule has 1 aliphatic rings. The van der Waals surface area contributed by atoms with Gasteiger partial charge in [0.1, 0.15) is 11.9 Å². The van der Waals surface area contributed by atoms with E-state index < -0.39 is 12.0 Å². The topological polar surface area (TPSA) is 61.4 Å². The van der Waals surface area contributed by atoms with Crippen LogP contribution in [0.5, 0.6) is 0 Å². The molecule has 0 bridgehead atoms. The molecule has 0 aromatic heterocycles. The van der Waals surface area contributed by atoms with Crippen LogP contribution in [0.1, 0.15) is 11.5 Å². The molecule has 0 aliphatic carbocycles. The molecule has 2 rings (SSSR count). The van der Waals surface area contributed by atoms with E-state index in [1.54, 1.807) is 18.2 Å². The Morgan fingerprint density at radius 2 is 2.20 bits per heavy atom. The van der Waals surface area contributed by atoms with E-state index in [-0.39, 0.29) is 11.7 Å². The highest BCUT2D eigenvalue weighted by molar-refractivity contribution is 5.75. The van der Waals surface area contributed by atoms with Crippen LogP contribution in [0.15, 0.2) is 24.3 Å². The summed E-state index contributed by atoms with van der Waals surface area (Å²) in [5.41, 5.74) is 5.78. The number of carbonyl (C=O) groups is 1. The predicted octanol–water partition coefficient (Wildman–Crippen LogP) is 0.470. The SMILES string of the molecule is O=C(O)C1NNCC1c1ccccc1F. The molecule has 80 valence electrons. The third-order valence-corrected chi connectivity index (χ3v) is 2.55. The Hall–Kier alpha value is -1.46. The fourth-order valence-corrected chi connectivity index (χ4v) is 1.80. The lowest BCUT2D eigenvalue weighted by atomic mass is 9.93. The first-order valence-corrected chi connectivity index (χ1v) is 4.66. The highest BCUT2D eigenvalue weighted by Gasteiger charge is 2.34. The van der Waals surface area contributed by atoms with Gasteiger partial charge in [0, 0.05) is 12.5 Å². The fraction of sp³-hybridized carbons (Fsp3) is 0.300. The molecule has 1 aliphatic heterocycles. The van der Waals surface area contributed by atoms with Crippen molar-refractivity contribution in [2.75, 3.05) is 6.54 Å². The van der Waals surface area contributed by atoms with Crippen molar-refractivity contribution in [1.29, 1.82) is 0 Å². The molecule has 5 heteroatoms. The summed E-state index contributed by atoms with van der Waals surface area (Å²) in [5.74, 6) is -1.71. The largest absolute Gasteiger partial charge is 0.480 e. The van der Waals surface area contributed by atoms with Gasteiger partial charge in [0.25, 0.3) is 0 Å². The summed E-state index contributed by atoms with van der Waals surface area (Å²) in [6.07, 6.45) is 0. The molecular formula is C10H11FN2O2. The van der Waals surface area contributed by atoms with Gasteiger partial charge in [0.15, 0.2) is 0 Å². The molecule has 1 aromatic rings. The van der Waals surface area contributed by atoms with E-state index >= 15 is 0 Å². The second kappa shape index (κ2) is 3.96. The van der Waals surface area contributed by atoms with Crippen LogP contribution in [0.3, 0.4) is 0 Å². The zero-order valence-electron chi connectivity index (χ0n) is 7.90. The maximum Gasteiger partial charge on any atom is 0.322 e. The van der Waals surface area contributed by atoms with E-state index in [0.717, 1.165) is 0 Å². The number of hydrazine groups is 1. The van der Waals surface area contributed by atoms with Gasteiger partial charge in [0.2, 0.25) is 0 Å². The lowest BCUT2D eigenvalue weighted by molar-refractivity contribution is -0.139. The number of hydrogen-bond acceptors (Lipinski definition) is 3. The highest BCUT2D eigenvalue weighted by atomic mass is 19.1. The van der Waals surface area contributed by atoms with Gasteiger partial charge < -0.3 is 5.11 Å². The van der Waals surface area contributed by atoms with Crippen molar-refractivity contribution in [1.82, 2.24) is 10.9 Å². The molecule has 0 saturated carbocycles. The molecule has 1 aromatic carbocycles. The van der Waals surface area contributed by atoms with Gasteiger partial charge in [-0.25, -0.2) is 9.82 Å². The van der Waals surface area contributed by atoms with Crippen molar-refractivity contribution in [3.05, 3.63) is 35.6 Å². The Kier molecular flexibility index (Phi) is 2.66. The number of rotatable bonds is 2. The van der Waals surface area contributed by atoms with Crippen LogP contribution in [-0.4, -0.2) is 23.7 Å². The van der Waals surface area contributed by atoms with Gasteiger partial charge in [-0.3, -0.25) is 10.2 Å². The van der Waals surface area contributed by atoms with Gasteiger partial charge in [-0.1, -0.05) is 18.2 Å². The molecule has 2 atom stereocenters. The zero-order chi connectivity index (χ0) is 10.8. The highest BCUT2D eigenvalue weighted by Crippen LogP contribution is 2.24. The van der Waals surface area contributed by atoms with Gasteiger partial charge in [-0.15, -0.1) is 0 Å². The Balaban J connectivity index is 2.30. The van der Waals surface area contributed by atoms with E-state index in [2.05, 4.69) is 10.9 Å². The molecule has 0 spiro atoms. The van der Waals surface area contributed by atoms with E-state index in [1.165, 1.54) is 6.07 Å². The molecule has 0 radical (unpaired) electrons. The molecular weight excluding hydrogens is 199 g/mol. The van der Waals surface area contributed by atoms with Gasteiger partial charge in [-0.05, 0) is 11.6 Å². The van der Waals surface area contributed by atoms with Crippen molar-refractivity contribution in [3.8, 4) is 0 Å². The van der Waals surface area contributed by atoms with Crippen LogP contribution in [0.25, 0.3) is 0 Å². The van der Waals surface area contributed by atoms with Crippen LogP contribution in [0.2, 0.25) is 0 Å². The first-order valence-electron chi connectivity index (χ1n) is 4.66. The standard InChI is InChI=1S/C10H11FN2O2/c11-8-4-2-1-3-6(8)7-5-12-13-9(7)10(14)15/h1-4,7,9,12-13H,5H2,(H,14,15). The van der Waals surface area contributed by atoms with Gasteiger partial charge >= 0.3 is 5.97 Å². The third-order valence-electron chi connectivity index (χ3n) is 2.55. The van der Waals surface area contributed by atoms with E-state index in [1.807, 2.05) is 0 Å². The number of nitrogens with one attached hydrogen (secondary N) is 2. The monoisotopic (exact) mass is 210 g/mol. The van der Waals surface area contributed by atoms with Crippen molar-refractivity contribution in [3.63, 3.8) is 0 Å². The molecule has 1 saturated heterocycles. The van der Waals surface area contributed by atoms with E-state index in [4.69, 9.17) is 5.11 Å². The second-order valence-electron chi connectivity index (χ2n) is 3.47. The summed E-state index contributed by atoms with van der Waals surface area (Å²) < 4.78 is 13.4. The minimum atomic E-state index is -0.978. The maximum atomic E-state index is 13.4. The number of carboxylic acids is 1. The first-order chi connectivity index (χ1) is 7.20. The van der Waals surface area contributed by atoms with Crippen LogP contribution in [0, 0.1) is 5.82 Å². The molecule has 1 fully saturated rings. The molecule has 1 heterocycles. The Bertz CT molecular complexity index is 383. The predicted molar refractivity (Wildman–Crippen MR) is 51.7 cm³/mol. The van der Waals surface area contributed by atoms with Crippen molar-refractivity contribution in [2.45, 2.75) is 12.0 Å². The van der Waals surface area contributed by atoms with Crippen molar-refractivity contribution < 1.29 is 14.3 Å². The number of carboxylic acid groups (broad SMARTS) is 1. The summed E-state index contributed by atoms with van der Waals surface area (Å²) in [6, 6.07) is 5.47. The first kappa shape index (κ1) is 10.1. The summed E-state index contributed by atoms with van der Waals surface area (Å²) in [6.45, 7) is 0.415. The Morgan fingerprint density at radius 1 is 1.47 bits per heavy atom. The Labute approximate surface area is 86.1 Å². The van der Waals surface area contributed by atoms with Crippen molar-refractivity contribution >= 4 is 5.97 Å². The van der Waals surface area contributed by atoms with Gasteiger partial charge in [0.05, 0.1) is 0 Å². The van der Waals surface area contributed by atoms with Crippen LogP contribution in [-0.2, 0) is 4.79 Å². The minimum absolute atomic E-state index is 0.362. The summed E-state index contributed by atoms with van der Waals surface area (Å²) in [7, 11) is 0. The summed E-state index contributed by atoms with van der Waals surface area (Å²) in [4.78, 5) is 10.9. The maximum absolute atomic E-state index is 13.4. The van der Waals surface area contributed by atoms with Crippen LogP contribution >= 0.6 is 0 Å². The average molecular weight is 210 g/mol. The minimum Gasteiger partial charge on any atom is -0.480 e. The number of halogens is 1. The lowest BCUT2D eigenvalue weighted by Gasteiger charge is -2.14. The van der Waals surface area contributed by atoms with E-state index in [0.29, 0.717) is 12.1 Å². The fourth-order valence-electron chi connectivity index (χ4n) is 1.80. The van der Waals surface area contributed by atoms with Gasteiger partial charge in [-0.2, -0.15) is 0 Å². The van der Waals surface area contributed by atoms with Crippen LogP contribution < -0.4 is 10.9 Å². The van der Waals surface area contributed by atoms with E-state index in [9.17, 15) is 9.18 Å². The van der Waals surface area contributed by atoms with Crippen LogP contribution in [0.4, 0.5) is 4.39 Å². The lowest BCUT2D eigenvalue weighted by Crippen LogP contribution is -2.38. The molecule has 4 nitrogen and oxygen atoms in total. The van der Waals surface area contributed by atoms with Crippen molar-refractivity contribution in [2.24, 2.45) is 0 Å². The quantitative estimate of drug-likeness (QED) is 0.664. The third kappa shape index (κ3) is 1.84. The Morgan fingerprint density at radius 3 is 2.87 bits per heavy atom. The number of aliphatic carboxylic acids is 1. The average Bonchev–Trinajstić information content (AvgIpc) is 2.67. The normalized spacial score (nSPS) is 25.4. The number of benzene rings is 1. The summed E-state index contributed by atoms with van der Waals surface area (Å²) in [5, 5.41) is 8.91. The molecule has 3 N–H and O–H groups in total. The molecule has 15 heavy (non-hydrogen) atoms. The number of hydrogen-bond donors (Lipinski definition) is 3. The zero-order valence-corrected chi connectivity index (χ0v) is 7.90. The summed E-state index contributed by atoms with van der Waals surface area (Å²) >= 11 is 0.